The van der Waals surface area contributed by atoms with Crippen molar-refractivity contribution in [1.29, 1.82) is 0 Å². The Hall–Kier alpha value is -0.740. The smallest absolute Gasteiger partial charge is 0.150 e. The lowest BCUT2D eigenvalue weighted by Crippen LogP contribution is -2.02. The molecule has 2 rings (SSSR count). The highest BCUT2D eigenvalue weighted by Gasteiger charge is 2.08. The Bertz CT molecular complexity index is 619. The van der Waals surface area contributed by atoms with Gasteiger partial charge < -0.3 is 5.32 Å². The Morgan fingerprint density at radius 1 is 1.00 bits per heavy atom. The Morgan fingerprint density at radius 3 is 2.42 bits per heavy atom. The topological polar surface area (TPSA) is 24.9 Å². The first-order valence-corrected chi connectivity index (χ1v) is 6.68. The van der Waals surface area contributed by atoms with E-state index in [1.807, 2.05) is 0 Å². The summed E-state index contributed by atoms with van der Waals surface area (Å²) in [5, 5.41) is 3.83. The molecule has 0 saturated heterocycles. The molecule has 0 saturated carbocycles. The van der Waals surface area contributed by atoms with Gasteiger partial charge in [-0.05, 0) is 23.8 Å². The van der Waals surface area contributed by atoms with E-state index in [0.29, 0.717) is 17.4 Å². The molecule has 2 aromatic rings. The van der Waals surface area contributed by atoms with Gasteiger partial charge in [0, 0.05) is 6.54 Å². The van der Waals surface area contributed by atoms with Crippen molar-refractivity contribution in [2.45, 2.75) is 6.54 Å². The number of benzene rings is 1. The van der Waals surface area contributed by atoms with E-state index >= 15 is 0 Å². The third-order valence-corrected chi connectivity index (χ3v) is 3.58. The van der Waals surface area contributed by atoms with Gasteiger partial charge in [0.05, 0.1) is 15.1 Å². The molecule has 1 heterocycles. The Labute approximate surface area is 129 Å². The highest BCUT2D eigenvalue weighted by Crippen LogP contribution is 2.29. The quantitative estimate of drug-likeness (QED) is 0.752. The molecule has 7 heteroatoms. The van der Waals surface area contributed by atoms with E-state index in [1.165, 1.54) is 18.2 Å². The summed E-state index contributed by atoms with van der Waals surface area (Å²) in [5.74, 6) is -0.0624. The molecule has 0 fully saturated rings. The fraction of sp³-hybridized carbons (Fsp3) is 0.0833. The molecule has 0 atom stereocenters. The third kappa shape index (κ3) is 3.63. The van der Waals surface area contributed by atoms with Crippen LogP contribution in [0.4, 0.5) is 10.2 Å². The Kier molecular flexibility index (Phi) is 4.74. The second-order valence-electron chi connectivity index (χ2n) is 3.69. The summed E-state index contributed by atoms with van der Waals surface area (Å²) >= 11 is 23.2. The van der Waals surface area contributed by atoms with Crippen LogP contribution in [0.3, 0.4) is 0 Å². The van der Waals surface area contributed by atoms with E-state index in [1.54, 1.807) is 6.07 Å². The van der Waals surface area contributed by atoms with Gasteiger partial charge >= 0.3 is 0 Å². The van der Waals surface area contributed by atoms with Crippen molar-refractivity contribution >= 4 is 52.2 Å². The largest absolute Gasteiger partial charge is 0.365 e. The molecule has 0 unspecified atom stereocenters. The van der Waals surface area contributed by atoms with E-state index in [4.69, 9.17) is 46.4 Å². The van der Waals surface area contributed by atoms with E-state index < -0.39 is 5.82 Å². The van der Waals surface area contributed by atoms with E-state index in [9.17, 15) is 4.39 Å². The number of hydrogen-bond acceptors (Lipinski definition) is 2. The maximum atomic E-state index is 13.0. The molecule has 0 amide bonds. The normalized spacial score (nSPS) is 10.6. The van der Waals surface area contributed by atoms with Crippen LogP contribution < -0.4 is 5.32 Å². The van der Waals surface area contributed by atoms with Gasteiger partial charge in [-0.25, -0.2) is 9.37 Å². The fourth-order valence-electron chi connectivity index (χ4n) is 1.40. The molecule has 19 heavy (non-hydrogen) atoms. The zero-order valence-electron chi connectivity index (χ0n) is 9.35. The molecule has 2 nitrogen and oxygen atoms in total. The highest BCUT2D eigenvalue weighted by atomic mass is 35.5. The number of nitrogens with zero attached hydrogens (tertiary/aromatic N) is 1. The first kappa shape index (κ1) is 14.7. The number of pyridine rings is 1. The van der Waals surface area contributed by atoms with Crippen molar-refractivity contribution in [2.24, 2.45) is 0 Å². The zero-order valence-corrected chi connectivity index (χ0v) is 12.4. The molecule has 100 valence electrons. The van der Waals surface area contributed by atoms with Gasteiger partial charge in [-0.2, -0.15) is 0 Å². The molecule has 0 radical (unpaired) electrons. The molecule has 1 aromatic heterocycles. The minimum Gasteiger partial charge on any atom is -0.365 e. The highest BCUT2D eigenvalue weighted by molar-refractivity contribution is 6.42. The maximum absolute atomic E-state index is 13.0. The second kappa shape index (κ2) is 6.14. The maximum Gasteiger partial charge on any atom is 0.150 e. The van der Waals surface area contributed by atoms with Crippen molar-refractivity contribution in [3.05, 3.63) is 55.9 Å². The molecule has 0 aliphatic rings. The first-order chi connectivity index (χ1) is 8.97. The lowest BCUT2D eigenvalue weighted by Gasteiger charge is -2.09. The summed E-state index contributed by atoms with van der Waals surface area (Å²) in [5.41, 5.74) is 0.787. The SMILES string of the molecule is Fc1ccc(CNc2nc(Cl)c(Cl)cc2Cl)cc1Cl. The van der Waals surface area contributed by atoms with Gasteiger partial charge in [-0.1, -0.05) is 52.5 Å². The van der Waals surface area contributed by atoms with Crippen molar-refractivity contribution < 1.29 is 4.39 Å². The van der Waals surface area contributed by atoms with Crippen LogP contribution in [0.25, 0.3) is 0 Å². The summed E-state index contributed by atoms with van der Waals surface area (Å²) in [6, 6.07) is 5.93. The molecule has 0 spiro atoms. The van der Waals surface area contributed by atoms with Crippen LogP contribution in [-0.4, -0.2) is 4.98 Å². The lowest BCUT2D eigenvalue weighted by atomic mass is 10.2. The van der Waals surface area contributed by atoms with Crippen LogP contribution in [0.1, 0.15) is 5.56 Å². The van der Waals surface area contributed by atoms with Gasteiger partial charge in [0.1, 0.15) is 16.8 Å². The summed E-state index contributed by atoms with van der Waals surface area (Å²) in [4.78, 5) is 4.01. The van der Waals surface area contributed by atoms with Crippen molar-refractivity contribution in [2.75, 3.05) is 5.32 Å². The molecule has 0 aliphatic carbocycles. The van der Waals surface area contributed by atoms with Crippen LogP contribution in [0, 0.1) is 5.82 Å². The zero-order chi connectivity index (χ0) is 14.0. The Morgan fingerprint density at radius 2 is 1.74 bits per heavy atom. The van der Waals surface area contributed by atoms with Gasteiger partial charge in [0.2, 0.25) is 0 Å². The minimum absolute atomic E-state index is 0.0625. The fourth-order valence-corrected chi connectivity index (χ4v) is 2.17. The molecule has 1 N–H and O–H groups in total. The van der Waals surface area contributed by atoms with E-state index in [-0.39, 0.29) is 15.2 Å². The van der Waals surface area contributed by atoms with E-state index in [2.05, 4.69) is 10.3 Å². The molecule has 0 bridgehead atoms. The van der Waals surface area contributed by atoms with Crippen LogP contribution in [-0.2, 0) is 6.54 Å². The van der Waals surface area contributed by atoms with Crippen molar-refractivity contribution in [3.63, 3.8) is 0 Å². The second-order valence-corrected chi connectivity index (χ2v) is 5.27. The number of halogens is 5. The van der Waals surface area contributed by atoms with Gasteiger partial charge in [-0.3, -0.25) is 0 Å². The predicted molar refractivity (Wildman–Crippen MR) is 78.0 cm³/mol. The number of aromatic nitrogens is 1. The van der Waals surface area contributed by atoms with Gasteiger partial charge in [0.15, 0.2) is 0 Å². The third-order valence-electron chi connectivity index (χ3n) is 2.33. The monoisotopic (exact) mass is 338 g/mol. The molecular weight excluding hydrogens is 333 g/mol. The first-order valence-electron chi connectivity index (χ1n) is 5.16. The predicted octanol–water partition coefficient (Wildman–Crippen LogP) is 5.45. The van der Waals surface area contributed by atoms with Gasteiger partial charge in [0.25, 0.3) is 0 Å². The average molecular weight is 340 g/mol. The molecular formula is C12H7Cl4FN2. The van der Waals surface area contributed by atoms with Crippen LogP contribution >= 0.6 is 46.4 Å². The summed E-state index contributed by atoms with van der Waals surface area (Å²) < 4.78 is 13.0. The minimum atomic E-state index is -0.462. The average Bonchev–Trinajstić information content (AvgIpc) is 2.36. The van der Waals surface area contributed by atoms with Crippen molar-refractivity contribution in [1.82, 2.24) is 4.98 Å². The molecule has 1 aromatic carbocycles. The van der Waals surface area contributed by atoms with Gasteiger partial charge in [-0.15, -0.1) is 0 Å². The summed E-state index contributed by atoms with van der Waals surface area (Å²) in [6.45, 7) is 0.380. The summed E-state index contributed by atoms with van der Waals surface area (Å²) in [7, 11) is 0. The molecule has 0 aliphatic heterocycles. The standard InChI is InChI=1S/C12H7Cl4FN2/c13-7-3-6(1-2-10(7)17)5-18-12-9(15)4-8(14)11(16)19-12/h1-4H,5H2,(H,18,19). The van der Waals surface area contributed by atoms with Crippen LogP contribution in [0.15, 0.2) is 24.3 Å². The lowest BCUT2D eigenvalue weighted by molar-refractivity contribution is 0.627. The number of nitrogens with one attached hydrogen (secondary N) is 1. The Balaban J connectivity index is 2.14. The summed E-state index contributed by atoms with van der Waals surface area (Å²) in [6.07, 6.45) is 0. The number of anilines is 1. The van der Waals surface area contributed by atoms with Crippen LogP contribution in [0.5, 0.6) is 0 Å². The number of hydrogen-bond donors (Lipinski definition) is 1. The van der Waals surface area contributed by atoms with E-state index in [0.717, 1.165) is 5.56 Å². The number of rotatable bonds is 3. The van der Waals surface area contributed by atoms with Crippen LogP contribution in [0.2, 0.25) is 20.2 Å². The van der Waals surface area contributed by atoms with Crippen molar-refractivity contribution in [3.8, 4) is 0 Å².